The number of amides is 1. The summed E-state index contributed by atoms with van der Waals surface area (Å²) in [6.07, 6.45) is 0.764. The molecular weight excluding hydrogens is 356 g/mol. The Bertz CT molecular complexity index is 780. The van der Waals surface area contributed by atoms with Crippen molar-refractivity contribution in [1.29, 1.82) is 0 Å². The van der Waals surface area contributed by atoms with E-state index in [-0.39, 0.29) is 5.91 Å². The summed E-state index contributed by atoms with van der Waals surface area (Å²) in [7, 11) is 1.58. The number of nitrogens with zero attached hydrogens (tertiary/aromatic N) is 1. The number of benzene rings is 2. The predicted molar refractivity (Wildman–Crippen MR) is 101 cm³/mol. The molecule has 0 saturated heterocycles. The number of halogens is 1. The van der Waals surface area contributed by atoms with Crippen LogP contribution in [0.4, 0.5) is 0 Å². The minimum atomic E-state index is -0.734. The second kappa shape index (κ2) is 9.68. The highest BCUT2D eigenvalue weighted by atomic mass is 35.5. The Hall–Kier alpha value is -2.73. The standard InChI is InChI=1S/C19H21ClN2O4/c1-4-25-18-9-8-16(24-3)10-14(18)12-21-22-19(23)13(2)26-17-7-5-6-15(20)11-17/h5-13H,4H2,1-3H3,(H,22,23). The van der Waals surface area contributed by atoms with Crippen LogP contribution in [0, 0.1) is 0 Å². The van der Waals surface area contributed by atoms with Crippen molar-refractivity contribution in [2.75, 3.05) is 13.7 Å². The molecule has 1 amide bonds. The highest BCUT2D eigenvalue weighted by molar-refractivity contribution is 6.30. The summed E-state index contributed by atoms with van der Waals surface area (Å²) in [5.74, 6) is 1.44. The number of carbonyl (C=O) groups excluding carboxylic acids is 1. The Kier molecular flexibility index (Phi) is 7.29. The zero-order chi connectivity index (χ0) is 18.9. The van der Waals surface area contributed by atoms with Crippen LogP contribution in [0.15, 0.2) is 47.6 Å². The minimum absolute atomic E-state index is 0.387. The lowest BCUT2D eigenvalue weighted by molar-refractivity contribution is -0.127. The van der Waals surface area contributed by atoms with E-state index >= 15 is 0 Å². The zero-order valence-electron chi connectivity index (χ0n) is 14.9. The molecule has 0 aliphatic carbocycles. The molecule has 6 nitrogen and oxygen atoms in total. The van der Waals surface area contributed by atoms with Gasteiger partial charge in [-0.1, -0.05) is 17.7 Å². The second-order valence-corrected chi connectivity index (χ2v) is 5.72. The van der Waals surface area contributed by atoms with Gasteiger partial charge >= 0.3 is 0 Å². The van der Waals surface area contributed by atoms with E-state index in [1.165, 1.54) is 6.21 Å². The molecule has 2 aromatic rings. The molecule has 2 aromatic carbocycles. The topological polar surface area (TPSA) is 69.2 Å². The third-order valence-corrected chi connectivity index (χ3v) is 3.61. The molecule has 0 radical (unpaired) electrons. The van der Waals surface area contributed by atoms with Crippen molar-refractivity contribution < 1.29 is 19.0 Å². The second-order valence-electron chi connectivity index (χ2n) is 5.29. The molecule has 138 valence electrons. The summed E-state index contributed by atoms with van der Waals surface area (Å²) in [4.78, 5) is 12.1. The first-order chi connectivity index (χ1) is 12.5. The van der Waals surface area contributed by atoms with Crippen molar-refractivity contribution >= 4 is 23.7 Å². The Balaban J connectivity index is 1.99. The Morgan fingerprint density at radius 1 is 1.27 bits per heavy atom. The quantitative estimate of drug-likeness (QED) is 0.563. The predicted octanol–water partition coefficient (Wildman–Crippen LogP) is 3.66. The van der Waals surface area contributed by atoms with Gasteiger partial charge in [-0.25, -0.2) is 5.43 Å². The molecule has 0 bridgehead atoms. The van der Waals surface area contributed by atoms with Crippen molar-refractivity contribution in [1.82, 2.24) is 5.43 Å². The van der Waals surface area contributed by atoms with Gasteiger partial charge in [-0.3, -0.25) is 4.79 Å². The van der Waals surface area contributed by atoms with Crippen molar-refractivity contribution in [2.24, 2.45) is 5.10 Å². The zero-order valence-corrected chi connectivity index (χ0v) is 15.6. The van der Waals surface area contributed by atoms with E-state index in [9.17, 15) is 4.79 Å². The van der Waals surface area contributed by atoms with E-state index in [0.717, 1.165) is 0 Å². The molecule has 0 fully saturated rings. The molecule has 26 heavy (non-hydrogen) atoms. The average molecular weight is 377 g/mol. The fourth-order valence-electron chi connectivity index (χ4n) is 2.10. The number of nitrogens with one attached hydrogen (secondary N) is 1. The monoisotopic (exact) mass is 376 g/mol. The largest absolute Gasteiger partial charge is 0.497 e. The molecule has 1 atom stereocenters. The summed E-state index contributed by atoms with van der Waals surface area (Å²) in [5, 5.41) is 4.51. The fraction of sp³-hybridized carbons (Fsp3) is 0.263. The van der Waals surface area contributed by atoms with Crippen LogP contribution in [-0.4, -0.2) is 31.9 Å². The fourth-order valence-corrected chi connectivity index (χ4v) is 2.28. The van der Waals surface area contributed by atoms with Gasteiger partial charge in [0.15, 0.2) is 6.10 Å². The summed E-state index contributed by atoms with van der Waals surface area (Å²) < 4.78 is 16.3. The summed E-state index contributed by atoms with van der Waals surface area (Å²) in [6.45, 7) is 4.04. The maximum absolute atomic E-state index is 12.1. The maximum atomic E-state index is 12.1. The molecule has 0 aliphatic heterocycles. The van der Waals surface area contributed by atoms with E-state index < -0.39 is 6.10 Å². The number of hydrogen-bond acceptors (Lipinski definition) is 5. The normalized spacial score (nSPS) is 11.8. The lowest BCUT2D eigenvalue weighted by Crippen LogP contribution is -2.33. The van der Waals surface area contributed by atoms with Crippen LogP contribution < -0.4 is 19.6 Å². The smallest absolute Gasteiger partial charge is 0.280 e. The highest BCUT2D eigenvalue weighted by Gasteiger charge is 2.14. The van der Waals surface area contributed by atoms with Crippen molar-refractivity contribution in [2.45, 2.75) is 20.0 Å². The molecule has 0 aliphatic rings. The molecule has 0 aromatic heterocycles. The van der Waals surface area contributed by atoms with Crippen LogP contribution >= 0.6 is 11.6 Å². The molecule has 7 heteroatoms. The molecular formula is C19H21ClN2O4. The Morgan fingerprint density at radius 3 is 2.77 bits per heavy atom. The number of methoxy groups -OCH3 is 1. The van der Waals surface area contributed by atoms with Gasteiger partial charge in [0.25, 0.3) is 5.91 Å². The van der Waals surface area contributed by atoms with Crippen LogP contribution in [0.25, 0.3) is 0 Å². The van der Waals surface area contributed by atoms with E-state index in [1.54, 1.807) is 56.5 Å². The number of hydrogen-bond donors (Lipinski definition) is 1. The van der Waals surface area contributed by atoms with Gasteiger partial charge in [0.1, 0.15) is 17.2 Å². The molecule has 0 heterocycles. The van der Waals surface area contributed by atoms with E-state index in [1.807, 2.05) is 6.92 Å². The van der Waals surface area contributed by atoms with Crippen LogP contribution in [0.3, 0.4) is 0 Å². The third-order valence-electron chi connectivity index (χ3n) is 3.37. The first kappa shape index (κ1) is 19.6. The van der Waals surface area contributed by atoms with Crippen LogP contribution in [-0.2, 0) is 4.79 Å². The van der Waals surface area contributed by atoms with E-state index in [4.69, 9.17) is 25.8 Å². The lowest BCUT2D eigenvalue weighted by atomic mass is 10.2. The molecule has 2 rings (SSSR count). The number of rotatable bonds is 8. The molecule has 1 unspecified atom stereocenters. The highest BCUT2D eigenvalue weighted by Crippen LogP contribution is 2.22. The van der Waals surface area contributed by atoms with Gasteiger partial charge in [-0.05, 0) is 50.2 Å². The molecule has 0 saturated carbocycles. The minimum Gasteiger partial charge on any atom is -0.497 e. The third kappa shape index (κ3) is 5.67. The van der Waals surface area contributed by atoms with Gasteiger partial charge in [0.2, 0.25) is 0 Å². The number of hydrazone groups is 1. The first-order valence-electron chi connectivity index (χ1n) is 8.09. The summed E-state index contributed by atoms with van der Waals surface area (Å²) in [5.41, 5.74) is 3.14. The maximum Gasteiger partial charge on any atom is 0.280 e. The molecule has 1 N–H and O–H groups in total. The van der Waals surface area contributed by atoms with Crippen LogP contribution in [0.2, 0.25) is 5.02 Å². The van der Waals surface area contributed by atoms with Gasteiger partial charge < -0.3 is 14.2 Å². The summed E-state index contributed by atoms with van der Waals surface area (Å²) in [6, 6.07) is 12.2. The van der Waals surface area contributed by atoms with Crippen molar-refractivity contribution in [3.8, 4) is 17.2 Å². The Labute approximate surface area is 157 Å². The van der Waals surface area contributed by atoms with E-state index in [0.29, 0.717) is 34.4 Å². The van der Waals surface area contributed by atoms with Gasteiger partial charge in [-0.15, -0.1) is 0 Å². The van der Waals surface area contributed by atoms with Crippen molar-refractivity contribution in [3.05, 3.63) is 53.1 Å². The van der Waals surface area contributed by atoms with Gasteiger partial charge in [-0.2, -0.15) is 5.10 Å². The SMILES string of the molecule is CCOc1ccc(OC)cc1C=NNC(=O)C(C)Oc1cccc(Cl)c1. The number of ether oxygens (including phenoxy) is 3. The van der Waals surface area contributed by atoms with Crippen LogP contribution in [0.1, 0.15) is 19.4 Å². The molecule has 0 spiro atoms. The first-order valence-corrected chi connectivity index (χ1v) is 8.47. The van der Waals surface area contributed by atoms with Crippen LogP contribution in [0.5, 0.6) is 17.2 Å². The van der Waals surface area contributed by atoms with Crippen molar-refractivity contribution in [3.63, 3.8) is 0 Å². The lowest BCUT2D eigenvalue weighted by Gasteiger charge is -2.13. The van der Waals surface area contributed by atoms with Gasteiger partial charge in [0.05, 0.1) is 19.9 Å². The van der Waals surface area contributed by atoms with E-state index in [2.05, 4.69) is 10.5 Å². The Morgan fingerprint density at radius 2 is 2.08 bits per heavy atom. The average Bonchev–Trinajstić information content (AvgIpc) is 2.63. The number of carbonyl (C=O) groups is 1. The summed E-state index contributed by atoms with van der Waals surface area (Å²) >= 11 is 5.90. The van der Waals surface area contributed by atoms with Gasteiger partial charge in [0, 0.05) is 10.6 Å².